The van der Waals surface area contributed by atoms with Crippen LogP contribution in [0.3, 0.4) is 0 Å². The molecule has 3 aromatic heterocycles. The Balaban J connectivity index is 1.49. The summed E-state index contributed by atoms with van der Waals surface area (Å²) in [6, 6.07) is 6.54. The van der Waals surface area contributed by atoms with Gasteiger partial charge in [-0.1, -0.05) is 19.0 Å². The number of hydrogen-bond donors (Lipinski definition) is 1. The van der Waals surface area contributed by atoms with E-state index < -0.39 is 0 Å². The summed E-state index contributed by atoms with van der Waals surface area (Å²) in [5.74, 6) is 2.96. The van der Waals surface area contributed by atoms with Crippen LogP contribution in [-0.2, 0) is 6.42 Å². The molecule has 1 aliphatic carbocycles. The van der Waals surface area contributed by atoms with Gasteiger partial charge >= 0.3 is 0 Å². The third-order valence-electron chi connectivity index (χ3n) is 5.96. The lowest BCUT2D eigenvalue weighted by Crippen LogP contribution is -2.44. The molecule has 6 nitrogen and oxygen atoms in total. The van der Waals surface area contributed by atoms with Gasteiger partial charge < -0.3 is 14.7 Å². The van der Waals surface area contributed by atoms with Crippen LogP contribution >= 0.6 is 11.3 Å². The molecule has 0 spiro atoms. The second-order valence-corrected chi connectivity index (χ2v) is 9.24. The molecule has 29 heavy (non-hydrogen) atoms. The number of fused-ring (bicyclic) bond motifs is 1. The lowest BCUT2D eigenvalue weighted by Gasteiger charge is -2.29. The third kappa shape index (κ3) is 3.69. The highest BCUT2D eigenvalue weighted by Crippen LogP contribution is 2.39. The minimum absolute atomic E-state index is 0.215. The molecule has 0 radical (unpaired) electrons. The minimum Gasteiger partial charge on any atom is -0.354 e. The van der Waals surface area contributed by atoms with Crippen molar-refractivity contribution in [3.8, 4) is 11.5 Å². The quantitative estimate of drug-likeness (QED) is 0.697. The molecule has 1 unspecified atom stereocenters. The van der Waals surface area contributed by atoms with Gasteiger partial charge in [0.25, 0.3) is 0 Å². The van der Waals surface area contributed by atoms with Gasteiger partial charge in [-0.05, 0) is 59.9 Å². The van der Waals surface area contributed by atoms with Crippen molar-refractivity contribution in [1.82, 2.24) is 20.4 Å². The first-order valence-electron chi connectivity index (χ1n) is 10.6. The first kappa shape index (κ1) is 18.8. The molecule has 1 saturated heterocycles. The second kappa shape index (κ2) is 7.88. The molecule has 2 aliphatic rings. The van der Waals surface area contributed by atoms with Crippen molar-refractivity contribution >= 4 is 17.2 Å². The molecule has 5 rings (SSSR count). The van der Waals surface area contributed by atoms with E-state index in [2.05, 4.69) is 52.8 Å². The minimum atomic E-state index is 0.215. The van der Waals surface area contributed by atoms with Crippen LogP contribution in [0.4, 0.5) is 5.82 Å². The van der Waals surface area contributed by atoms with Crippen LogP contribution in [0, 0.1) is 0 Å². The van der Waals surface area contributed by atoms with Crippen molar-refractivity contribution in [1.29, 1.82) is 0 Å². The monoisotopic (exact) mass is 409 g/mol. The van der Waals surface area contributed by atoms with Gasteiger partial charge in [-0.15, -0.1) is 11.3 Å². The fraction of sp³-hybridized carbons (Fsp3) is 0.500. The summed E-state index contributed by atoms with van der Waals surface area (Å²) in [5, 5.41) is 9.91. The summed E-state index contributed by atoms with van der Waals surface area (Å²) >= 11 is 1.84. The Bertz CT molecular complexity index is 989. The Morgan fingerprint density at radius 1 is 1.21 bits per heavy atom. The first-order chi connectivity index (χ1) is 14.2. The number of nitrogens with one attached hydrogen (secondary N) is 1. The molecular formula is C22H27N5OS. The van der Waals surface area contributed by atoms with E-state index in [1.54, 1.807) is 0 Å². The van der Waals surface area contributed by atoms with Crippen LogP contribution in [0.2, 0.25) is 0 Å². The Hall–Kier alpha value is -2.25. The zero-order valence-electron chi connectivity index (χ0n) is 17.0. The van der Waals surface area contributed by atoms with Crippen LogP contribution < -0.4 is 10.2 Å². The van der Waals surface area contributed by atoms with Crippen LogP contribution in [0.1, 0.15) is 60.4 Å². The van der Waals surface area contributed by atoms with Gasteiger partial charge in [0.1, 0.15) is 11.5 Å². The molecule has 1 aliphatic heterocycles. The zero-order chi connectivity index (χ0) is 19.8. The average Bonchev–Trinajstić information content (AvgIpc) is 3.43. The Morgan fingerprint density at radius 3 is 2.90 bits per heavy atom. The molecule has 1 fully saturated rings. The molecule has 152 valence electrons. The molecule has 4 heterocycles. The molecule has 0 aromatic carbocycles. The molecular weight excluding hydrogens is 382 g/mol. The SMILES string of the molecule is CC(C)c1cc(-c2noc(C3CCCc4sccc43)n2)nc(N2CCNCC2)c1. The molecule has 0 amide bonds. The number of hydrogen-bond acceptors (Lipinski definition) is 7. The number of nitrogens with zero attached hydrogens (tertiary/aromatic N) is 4. The number of piperazine rings is 1. The maximum atomic E-state index is 5.75. The number of pyridine rings is 1. The second-order valence-electron chi connectivity index (χ2n) is 8.24. The van der Waals surface area contributed by atoms with E-state index in [4.69, 9.17) is 14.5 Å². The van der Waals surface area contributed by atoms with Gasteiger partial charge in [0.15, 0.2) is 0 Å². The molecule has 1 N–H and O–H groups in total. The van der Waals surface area contributed by atoms with Crippen molar-refractivity contribution in [2.45, 2.75) is 44.9 Å². The van der Waals surface area contributed by atoms with E-state index in [1.165, 1.54) is 22.4 Å². The first-order valence-corrected chi connectivity index (χ1v) is 11.4. The summed E-state index contributed by atoms with van der Waals surface area (Å²) in [6.07, 6.45) is 3.40. The lowest BCUT2D eigenvalue weighted by atomic mass is 9.88. The van der Waals surface area contributed by atoms with E-state index in [9.17, 15) is 0 Å². The van der Waals surface area contributed by atoms with E-state index in [1.807, 2.05) is 11.3 Å². The Morgan fingerprint density at radius 2 is 2.07 bits per heavy atom. The molecule has 1 atom stereocenters. The predicted molar refractivity (Wildman–Crippen MR) is 116 cm³/mol. The van der Waals surface area contributed by atoms with Crippen molar-refractivity contribution in [2.75, 3.05) is 31.1 Å². The fourth-order valence-corrected chi connectivity index (χ4v) is 5.25. The Kier molecular flexibility index (Phi) is 5.09. The summed E-state index contributed by atoms with van der Waals surface area (Å²) < 4.78 is 5.75. The maximum absolute atomic E-state index is 5.75. The number of anilines is 1. The number of thiophene rings is 1. The van der Waals surface area contributed by atoms with E-state index in [0.717, 1.165) is 56.4 Å². The summed E-state index contributed by atoms with van der Waals surface area (Å²) in [4.78, 5) is 13.5. The van der Waals surface area contributed by atoms with Crippen molar-refractivity contribution in [2.24, 2.45) is 0 Å². The number of aromatic nitrogens is 3. The highest BCUT2D eigenvalue weighted by molar-refractivity contribution is 7.10. The van der Waals surface area contributed by atoms with Crippen molar-refractivity contribution in [3.05, 3.63) is 45.5 Å². The molecule has 3 aromatic rings. The Labute approximate surface area is 175 Å². The maximum Gasteiger partial charge on any atom is 0.234 e. The predicted octanol–water partition coefficient (Wildman–Crippen LogP) is 4.19. The molecule has 0 bridgehead atoms. The molecule has 0 saturated carbocycles. The fourth-order valence-electron chi connectivity index (χ4n) is 4.26. The summed E-state index contributed by atoms with van der Waals surface area (Å²) in [6.45, 7) is 8.33. The standard InChI is InChI=1S/C22H27N5OS/c1-14(2)15-12-18(24-20(13-15)27-9-7-23-8-10-27)21-25-22(28-26-21)17-4-3-5-19-16(17)6-11-29-19/h6,11-14,17,23H,3-5,7-10H2,1-2H3. The van der Waals surface area contributed by atoms with E-state index >= 15 is 0 Å². The number of rotatable bonds is 4. The van der Waals surface area contributed by atoms with Crippen LogP contribution in [0.15, 0.2) is 28.1 Å². The average molecular weight is 410 g/mol. The zero-order valence-corrected chi connectivity index (χ0v) is 17.8. The molecule has 7 heteroatoms. The normalized spacial score (nSPS) is 19.6. The summed E-state index contributed by atoms with van der Waals surface area (Å²) in [7, 11) is 0. The lowest BCUT2D eigenvalue weighted by molar-refractivity contribution is 0.355. The largest absolute Gasteiger partial charge is 0.354 e. The van der Waals surface area contributed by atoms with Crippen LogP contribution in [0.25, 0.3) is 11.5 Å². The van der Waals surface area contributed by atoms with Gasteiger partial charge in [0.05, 0.1) is 5.92 Å². The van der Waals surface area contributed by atoms with Crippen molar-refractivity contribution < 1.29 is 4.52 Å². The van der Waals surface area contributed by atoms with E-state index in [-0.39, 0.29) is 5.92 Å². The van der Waals surface area contributed by atoms with Gasteiger partial charge in [0, 0.05) is 31.1 Å². The van der Waals surface area contributed by atoms with Crippen LogP contribution in [-0.4, -0.2) is 41.3 Å². The summed E-state index contributed by atoms with van der Waals surface area (Å²) in [5.41, 5.74) is 3.43. The van der Waals surface area contributed by atoms with E-state index in [0.29, 0.717) is 11.7 Å². The van der Waals surface area contributed by atoms with Gasteiger partial charge in [-0.25, -0.2) is 4.98 Å². The third-order valence-corrected chi connectivity index (χ3v) is 6.96. The van der Waals surface area contributed by atoms with Crippen molar-refractivity contribution in [3.63, 3.8) is 0 Å². The van der Waals surface area contributed by atoms with Crippen LogP contribution in [0.5, 0.6) is 0 Å². The van der Waals surface area contributed by atoms with Gasteiger partial charge in [0.2, 0.25) is 11.7 Å². The highest BCUT2D eigenvalue weighted by Gasteiger charge is 2.28. The van der Waals surface area contributed by atoms with Gasteiger partial charge in [-0.3, -0.25) is 0 Å². The topological polar surface area (TPSA) is 67.1 Å². The van der Waals surface area contributed by atoms with Gasteiger partial charge in [-0.2, -0.15) is 4.98 Å². The number of aryl methyl sites for hydroxylation is 1. The highest BCUT2D eigenvalue weighted by atomic mass is 32.1. The smallest absolute Gasteiger partial charge is 0.234 e.